The van der Waals surface area contributed by atoms with Crippen molar-refractivity contribution in [2.45, 2.75) is 32.2 Å². The van der Waals surface area contributed by atoms with E-state index >= 15 is 0 Å². The molecule has 0 saturated carbocycles. The number of ether oxygens (including phenoxy) is 2. The highest BCUT2D eigenvalue weighted by Gasteiger charge is 2.31. The van der Waals surface area contributed by atoms with Gasteiger partial charge in [-0.3, -0.25) is 4.98 Å². The van der Waals surface area contributed by atoms with E-state index in [0.717, 1.165) is 12.8 Å². The molecule has 21 heavy (non-hydrogen) atoms. The van der Waals surface area contributed by atoms with E-state index in [0.29, 0.717) is 25.4 Å². The zero-order valence-electron chi connectivity index (χ0n) is 12.2. The van der Waals surface area contributed by atoms with Gasteiger partial charge >= 0.3 is 11.9 Å². The number of carbonyl (C=O) groups excluding carboxylic acids is 2. The molecule has 1 aliphatic rings. The van der Waals surface area contributed by atoms with E-state index in [4.69, 9.17) is 4.74 Å². The molecule has 7 nitrogen and oxygen atoms in total. The molecule has 1 aromatic heterocycles. The van der Waals surface area contributed by atoms with Gasteiger partial charge < -0.3 is 14.4 Å². The summed E-state index contributed by atoms with van der Waals surface area (Å²) in [6.07, 6.45) is 5.52. The fraction of sp³-hybridized carbons (Fsp3) is 0.571. The van der Waals surface area contributed by atoms with Crippen LogP contribution in [0.4, 0.5) is 5.82 Å². The third kappa shape index (κ3) is 3.48. The molecule has 1 aromatic rings. The SMILES string of the molecule is CCOC(=O)C1CCCCN1c1cncc(C(=O)OC)n1. The number of esters is 2. The average Bonchev–Trinajstić information content (AvgIpc) is 2.54. The number of anilines is 1. The summed E-state index contributed by atoms with van der Waals surface area (Å²) < 4.78 is 9.75. The van der Waals surface area contributed by atoms with E-state index in [2.05, 4.69) is 14.7 Å². The molecular weight excluding hydrogens is 274 g/mol. The maximum absolute atomic E-state index is 12.1. The van der Waals surface area contributed by atoms with Crippen LogP contribution in [-0.2, 0) is 14.3 Å². The molecular formula is C14H19N3O4. The van der Waals surface area contributed by atoms with Gasteiger partial charge in [0.05, 0.1) is 26.1 Å². The highest BCUT2D eigenvalue weighted by Crippen LogP contribution is 2.23. The summed E-state index contributed by atoms with van der Waals surface area (Å²) in [6, 6.07) is -0.374. The highest BCUT2D eigenvalue weighted by atomic mass is 16.5. The van der Waals surface area contributed by atoms with Gasteiger partial charge in [-0.15, -0.1) is 0 Å². The molecule has 1 saturated heterocycles. The lowest BCUT2D eigenvalue weighted by atomic mass is 10.0. The lowest BCUT2D eigenvalue weighted by Gasteiger charge is -2.34. The Bertz CT molecular complexity index is 521. The molecule has 0 bridgehead atoms. The number of nitrogens with zero attached hydrogens (tertiary/aromatic N) is 3. The second-order valence-electron chi connectivity index (χ2n) is 4.71. The molecule has 1 fully saturated rings. The summed E-state index contributed by atoms with van der Waals surface area (Å²) in [5.74, 6) is -0.313. The van der Waals surface area contributed by atoms with Crippen LogP contribution in [0.1, 0.15) is 36.7 Å². The molecule has 0 N–H and O–H groups in total. The Balaban J connectivity index is 2.24. The van der Waals surface area contributed by atoms with Gasteiger partial charge in [0.25, 0.3) is 0 Å². The molecule has 7 heteroatoms. The zero-order valence-corrected chi connectivity index (χ0v) is 12.2. The summed E-state index contributed by atoms with van der Waals surface area (Å²) in [4.78, 5) is 33.7. The highest BCUT2D eigenvalue weighted by molar-refractivity contribution is 5.87. The van der Waals surface area contributed by atoms with Crippen molar-refractivity contribution in [1.82, 2.24) is 9.97 Å². The fourth-order valence-corrected chi connectivity index (χ4v) is 2.39. The monoisotopic (exact) mass is 293 g/mol. The largest absolute Gasteiger partial charge is 0.464 e. The Hall–Kier alpha value is -2.18. The predicted octanol–water partition coefficient (Wildman–Crippen LogP) is 1.19. The van der Waals surface area contributed by atoms with Gasteiger partial charge in [0, 0.05) is 6.54 Å². The number of hydrogen-bond donors (Lipinski definition) is 0. The van der Waals surface area contributed by atoms with Crippen LogP contribution in [0.25, 0.3) is 0 Å². The first-order chi connectivity index (χ1) is 10.2. The quantitative estimate of drug-likeness (QED) is 0.771. The molecule has 0 aliphatic carbocycles. The zero-order chi connectivity index (χ0) is 15.2. The maximum Gasteiger partial charge on any atom is 0.358 e. The summed E-state index contributed by atoms with van der Waals surface area (Å²) >= 11 is 0. The number of rotatable bonds is 4. The Labute approximate surface area is 123 Å². The molecule has 0 spiro atoms. The van der Waals surface area contributed by atoms with Crippen molar-refractivity contribution >= 4 is 17.8 Å². The normalized spacial score (nSPS) is 18.2. The fourth-order valence-electron chi connectivity index (χ4n) is 2.39. The van der Waals surface area contributed by atoms with Crippen molar-refractivity contribution in [2.24, 2.45) is 0 Å². The summed E-state index contributed by atoms with van der Waals surface area (Å²) in [7, 11) is 1.29. The average molecular weight is 293 g/mol. The minimum absolute atomic E-state index is 0.128. The van der Waals surface area contributed by atoms with Gasteiger partial charge in [0.2, 0.25) is 0 Å². The van der Waals surface area contributed by atoms with Crippen LogP contribution in [-0.4, -0.2) is 48.2 Å². The first kappa shape index (κ1) is 15.2. The molecule has 0 radical (unpaired) electrons. The van der Waals surface area contributed by atoms with Gasteiger partial charge in [-0.25, -0.2) is 14.6 Å². The van der Waals surface area contributed by atoms with Crippen molar-refractivity contribution in [1.29, 1.82) is 0 Å². The predicted molar refractivity (Wildman–Crippen MR) is 75.0 cm³/mol. The molecule has 1 atom stereocenters. The van der Waals surface area contributed by atoms with Crippen molar-refractivity contribution < 1.29 is 19.1 Å². The Morgan fingerprint density at radius 3 is 2.90 bits per heavy atom. The van der Waals surface area contributed by atoms with Crippen LogP contribution in [0.15, 0.2) is 12.4 Å². The van der Waals surface area contributed by atoms with Gasteiger partial charge in [-0.2, -0.15) is 0 Å². The third-order valence-electron chi connectivity index (χ3n) is 3.37. The van der Waals surface area contributed by atoms with Crippen LogP contribution in [0.5, 0.6) is 0 Å². The second kappa shape index (κ2) is 7.01. The van der Waals surface area contributed by atoms with E-state index in [1.165, 1.54) is 13.3 Å². The van der Waals surface area contributed by atoms with E-state index in [-0.39, 0.29) is 17.7 Å². The van der Waals surface area contributed by atoms with Crippen LogP contribution in [0, 0.1) is 0 Å². The van der Waals surface area contributed by atoms with Crippen LogP contribution >= 0.6 is 0 Å². The first-order valence-corrected chi connectivity index (χ1v) is 7.01. The summed E-state index contributed by atoms with van der Waals surface area (Å²) in [5, 5.41) is 0. The van der Waals surface area contributed by atoms with Crippen LogP contribution in [0.3, 0.4) is 0 Å². The lowest BCUT2D eigenvalue weighted by Crippen LogP contribution is -2.46. The molecule has 2 heterocycles. The molecule has 2 rings (SSSR count). The van der Waals surface area contributed by atoms with Gasteiger partial charge in [0.15, 0.2) is 5.69 Å². The maximum atomic E-state index is 12.1. The standard InChI is InChI=1S/C14H19N3O4/c1-3-21-14(19)11-6-4-5-7-17(11)12-9-15-8-10(16-12)13(18)20-2/h8-9,11H,3-7H2,1-2H3. The van der Waals surface area contributed by atoms with Crippen LogP contribution in [0.2, 0.25) is 0 Å². The van der Waals surface area contributed by atoms with E-state index in [1.807, 2.05) is 4.90 Å². The van der Waals surface area contributed by atoms with Gasteiger partial charge in [-0.05, 0) is 26.2 Å². The molecule has 1 unspecified atom stereocenters. The molecule has 1 aliphatic heterocycles. The van der Waals surface area contributed by atoms with E-state index < -0.39 is 5.97 Å². The first-order valence-electron chi connectivity index (χ1n) is 7.01. The number of piperidine rings is 1. The van der Waals surface area contributed by atoms with Crippen molar-refractivity contribution in [3.05, 3.63) is 18.1 Å². The molecule has 0 aromatic carbocycles. The minimum Gasteiger partial charge on any atom is -0.464 e. The van der Waals surface area contributed by atoms with Crippen LogP contribution < -0.4 is 4.90 Å². The topological polar surface area (TPSA) is 81.6 Å². The second-order valence-corrected chi connectivity index (χ2v) is 4.71. The third-order valence-corrected chi connectivity index (χ3v) is 3.37. The van der Waals surface area contributed by atoms with Crippen molar-refractivity contribution in [3.8, 4) is 0 Å². The minimum atomic E-state index is -0.547. The molecule has 0 amide bonds. The Morgan fingerprint density at radius 1 is 1.38 bits per heavy atom. The number of aromatic nitrogens is 2. The smallest absolute Gasteiger partial charge is 0.358 e. The van der Waals surface area contributed by atoms with E-state index in [1.54, 1.807) is 13.1 Å². The van der Waals surface area contributed by atoms with E-state index in [9.17, 15) is 9.59 Å². The van der Waals surface area contributed by atoms with Crippen molar-refractivity contribution in [3.63, 3.8) is 0 Å². The van der Waals surface area contributed by atoms with Crippen molar-refractivity contribution in [2.75, 3.05) is 25.2 Å². The Morgan fingerprint density at radius 2 is 2.19 bits per heavy atom. The lowest BCUT2D eigenvalue weighted by molar-refractivity contribution is -0.145. The Kier molecular flexibility index (Phi) is 5.08. The molecule has 114 valence electrons. The summed E-state index contributed by atoms with van der Waals surface area (Å²) in [5.41, 5.74) is 0.128. The number of hydrogen-bond acceptors (Lipinski definition) is 7. The van der Waals surface area contributed by atoms with Gasteiger partial charge in [0.1, 0.15) is 11.9 Å². The number of carbonyl (C=O) groups is 2. The number of methoxy groups -OCH3 is 1. The van der Waals surface area contributed by atoms with Gasteiger partial charge in [-0.1, -0.05) is 0 Å². The summed E-state index contributed by atoms with van der Waals surface area (Å²) in [6.45, 7) is 2.81.